The fraction of sp³-hybridized carbons (Fsp3) is 0.214. The van der Waals surface area contributed by atoms with Crippen LogP contribution in [0.2, 0.25) is 0 Å². The number of nitrogens with zero attached hydrogens (tertiary/aromatic N) is 2. The summed E-state index contributed by atoms with van der Waals surface area (Å²) in [5.41, 5.74) is 0.260. The summed E-state index contributed by atoms with van der Waals surface area (Å²) in [7, 11) is 3.18. The van der Waals surface area contributed by atoms with Crippen molar-refractivity contribution in [3.05, 3.63) is 52.3 Å². The van der Waals surface area contributed by atoms with E-state index in [-0.39, 0.29) is 23.8 Å². The Kier molecular flexibility index (Phi) is 4.22. The molecular formula is C14H14N2O5. The van der Waals surface area contributed by atoms with Crippen LogP contribution in [0, 0.1) is 10.1 Å². The number of rotatable bonds is 6. The Labute approximate surface area is 120 Å². The molecule has 0 N–H and O–H groups in total. The number of hydrogen-bond donors (Lipinski definition) is 0. The molecule has 1 heterocycles. The zero-order chi connectivity index (χ0) is 15.4. The number of nitro benzene ring substituents is 1. The summed E-state index contributed by atoms with van der Waals surface area (Å²) in [4.78, 5) is 22.4. The molecule has 0 fully saturated rings. The summed E-state index contributed by atoms with van der Waals surface area (Å²) in [6.45, 7) is -0.286. The van der Waals surface area contributed by atoms with E-state index < -0.39 is 4.92 Å². The first-order valence-corrected chi connectivity index (χ1v) is 6.12. The molecule has 0 amide bonds. The van der Waals surface area contributed by atoms with Gasteiger partial charge in [0, 0.05) is 25.4 Å². The highest BCUT2D eigenvalue weighted by atomic mass is 16.6. The predicted octanol–water partition coefficient (Wildman–Crippen LogP) is 2.20. The second-order valence-electron chi connectivity index (χ2n) is 4.31. The highest BCUT2D eigenvalue weighted by Crippen LogP contribution is 2.31. The highest BCUT2D eigenvalue weighted by Gasteiger charge is 2.18. The number of nitro groups is 1. The maximum absolute atomic E-state index is 12.0. The number of benzene rings is 1. The van der Waals surface area contributed by atoms with E-state index in [0.29, 0.717) is 11.4 Å². The van der Waals surface area contributed by atoms with Gasteiger partial charge in [-0.05, 0) is 18.2 Å². The summed E-state index contributed by atoms with van der Waals surface area (Å²) in [5, 5.41) is 10.9. The van der Waals surface area contributed by atoms with E-state index in [0.717, 1.165) is 0 Å². The molecule has 21 heavy (non-hydrogen) atoms. The number of methoxy groups -OCH3 is 1. The fourth-order valence-electron chi connectivity index (χ4n) is 1.86. The Morgan fingerprint density at radius 1 is 1.38 bits per heavy atom. The minimum Gasteiger partial charge on any atom is -0.497 e. The van der Waals surface area contributed by atoms with Crippen LogP contribution in [0.5, 0.6) is 11.5 Å². The van der Waals surface area contributed by atoms with Crippen molar-refractivity contribution in [2.45, 2.75) is 0 Å². The van der Waals surface area contributed by atoms with Crippen LogP contribution in [0.25, 0.3) is 0 Å². The highest BCUT2D eigenvalue weighted by molar-refractivity contribution is 5.95. The number of aryl methyl sites for hydroxylation is 1. The molecule has 0 aliphatic heterocycles. The number of ketones is 1. The van der Waals surface area contributed by atoms with E-state index in [1.54, 1.807) is 29.9 Å². The van der Waals surface area contributed by atoms with Gasteiger partial charge in [0.25, 0.3) is 0 Å². The zero-order valence-electron chi connectivity index (χ0n) is 11.6. The van der Waals surface area contributed by atoms with Crippen LogP contribution in [-0.4, -0.2) is 29.0 Å². The SMILES string of the molecule is COc1ccc([N+](=O)[O-])c(OCC(=O)c2cccn2C)c1. The number of Topliss-reactive ketones (excluding diaryl/α,β-unsaturated/α-hetero) is 1. The molecule has 2 rings (SSSR count). The molecule has 110 valence electrons. The molecule has 0 saturated heterocycles. The van der Waals surface area contributed by atoms with Crippen LogP contribution in [0.4, 0.5) is 5.69 Å². The summed E-state index contributed by atoms with van der Waals surface area (Å²) in [6, 6.07) is 7.52. The second-order valence-corrected chi connectivity index (χ2v) is 4.31. The quantitative estimate of drug-likeness (QED) is 0.462. The number of aromatic nitrogens is 1. The van der Waals surface area contributed by atoms with Gasteiger partial charge >= 0.3 is 5.69 Å². The largest absolute Gasteiger partial charge is 0.497 e. The maximum Gasteiger partial charge on any atom is 0.311 e. The van der Waals surface area contributed by atoms with Crippen molar-refractivity contribution in [3.63, 3.8) is 0 Å². The first-order chi connectivity index (χ1) is 10.0. The third-order valence-corrected chi connectivity index (χ3v) is 2.95. The molecule has 1 aromatic carbocycles. The van der Waals surface area contributed by atoms with Gasteiger partial charge in [-0.15, -0.1) is 0 Å². The molecule has 0 saturated carbocycles. The third-order valence-electron chi connectivity index (χ3n) is 2.95. The average molecular weight is 290 g/mol. The van der Waals surface area contributed by atoms with Gasteiger partial charge in [-0.1, -0.05) is 0 Å². The Balaban J connectivity index is 2.17. The van der Waals surface area contributed by atoms with Gasteiger partial charge < -0.3 is 14.0 Å². The van der Waals surface area contributed by atoms with Gasteiger partial charge in [0.1, 0.15) is 5.75 Å². The molecule has 7 heteroatoms. The number of ether oxygens (including phenoxy) is 2. The average Bonchev–Trinajstić information content (AvgIpc) is 2.90. The predicted molar refractivity (Wildman–Crippen MR) is 74.9 cm³/mol. The molecule has 7 nitrogen and oxygen atoms in total. The lowest BCUT2D eigenvalue weighted by Gasteiger charge is -2.08. The van der Waals surface area contributed by atoms with Gasteiger partial charge in [-0.3, -0.25) is 14.9 Å². The van der Waals surface area contributed by atoms with Crippen LogP contribution in [0.15, 0.2) is 36.5 Å². The van der Waals surface area contributed by atoms with Crippen molar-refractivity contribution < 1.29 is 19.2 Å². The molecule has 0 spiro atoms. The monoisotopic (exact) mass is 290 g/mol. The Morgan fingerprint density at radius 3 is 2.71 bits per heavy atom. The van der Waals surface area contributed by atoms with E-state index >= 15 is 0 Å². The molecule has 0 bridgehead atoms. The lowest BCUT2D eigenvalue weighted by molar-refractivity contribution is -0.385. The van der Waals surface area contributed by atoms with E-state index in [1.807, 2.05) is 0 Å². The zero-order valence-corrected chi connectivity index (χ0v) is 11.6. The summed E-state index contributed by atoms with van der Waals surface area (Å²) >= 11 is 0. The van der Waals surface area contributed by atoms with Gasteiger partial charge in [0.05, 0.1) is 17.7 Å². The lowest BCUT2D eigenvalue weighted by Crippen LogP contribution is -2.15. The van der Waals surface area contributed by atoms with Gasteiger partial charge in [-0.25, -0.2) is 0 Å². The van der Waals surface area contributed by atoms with Crippen LogP contribution in [0.1, 0.15) is 10.5 Å². The van der Waals surface area contributed by atoms with E-state index in [4.69, 9.17) is 9.47 Å². The van der Waals surface area contributed by atoms with Gasteiger partial charge in [0.2, 0.25) is 11.5 Å². The normalized spacial score (nSPS) is 10.2. The van der Waals surface area contributed by atoms with Crippen molar-refractivity contribution in [1.29, 1.82) is 0 Å². The lowest BCUT2D eigenvalue weighted by atomic mass is 10.2. The number of carbonyl (C=O) groups is 1. The number of carbonyl (C=O) groups excluding carboxylic acids is 1. The minimum atomic E-state index is -0.568. The Morgan fingerprint density at radius 2 is 2.14 bits per heavy atom. The standard InChI is InChI=1S/C14H14N2O5/c1-15-7-3-4-11(15)13(17)9-21-14-8-10(20-2)5-6-12(14)16(18)19/h3-8H,9H2,1-2H3. The van der Waals surface area contributed by atoms with E-state index in [2.05, 4.69) is 0 Å². The second kappa shape index (κ2) is 6.08. The van der Waals surface area contributed by atoms with Crippen LogP contribution < -0.4 is 9.47 Å². The first kappa shape index (κ1) is 14.6. The molecule has 1 aromatic heterocycles. The number of hydrogen-bond acceptors (Lipinski definition) is 5. The van der Waals surface area contributed by atoms with Crippen LogP contribution in [0.3, 0.4) is 0 Å². The van der Waals surface area contributed by atoms with E-state index in [1.165, 1.54) is 25.3 Å². The maximum atomic E-state index is 12.0. The van der Waals surface area contributed by atoms with Crippen LogP contribution in [-0.2, 0) is 7.05 Å². The van der Waals surface area contributed by atoms with Gasteiger partial charge in [0.15, 0.2) is 6.61 Å². The van der Waals surface area contributed by atoms with Crippen molar-refractivity contribution in [3.8, 4) is 11.5 Å². The van der Waals surface area contributed by atoms with Crippen molar-refractivity contribution >= 4 is 11.5 Å². The first-order valence-electron chi connectivity index (χ1n) is 6.12. The Bertz CT molecular complexity index is 678. The summed E-state index contributed by atoms with van der Waals surface area (Å²) < 4.78 is 12.0. The Hall–Kier alpha value is -2.83. The molecule has 0 aliphatic carbocycles. The smallest absolute Gasteiger partial charge is 0.311 e. The molecule has 0 aliphatic rings. The van der Waals surface area contributed by atoms with Crippen LogP contribution >= 0.6 is 0 Å². The molecule has 0 atom stereocenters. The van der Waals surface area contributed by atoms with Crippen molar-refractivity contribution in [2.75, 3.05) is 13.7 Å². The topological polar surface area (TPSA) is 83.6 Å². The van der Waals surface area contributed by atoms with Crippen molar-refractivity contribution in [1.82, 2.24) is 4.57 Å². The molecule has 0 unspecified atom stereocenters. The summed E-state index contributed by atoms with van der Waals surface area (Å²) in [6.07, 6.45) is 1.74. The third kappa shape index (κ3) is 3.19. The molecule has 2 aromatic rings. The molecule has 0 radical (unpaired) electrons. The van der Waals surface area contributed by atoms with E-state index in [9.17, 15) is 14.9 Å². The summed E-state index contributed by atoms with van der Waals surface area (Å²) in [5.74, 6) is 0.156. The minimum absolute atomic E-state index is 0.00177. The molecular weight excluding hydrogens is 276 g/mol. The van der Waals surface area contributed by atoms with Gasteiger partial charge in [-0.2, -0.15) is 0 Å². The fourth-order valence-corrected chi connectivity index (χ4v) is 1.86. The van der Waals surface area contributed by atoms with Crippen molar-refractivity contribution in [2.24, 2.45) is 7.05 Å².